The van der Waals surface area contributed by atoms with Gasteiger partial charge in [0.25, 0.3) is 0 Å². The summed E-state index contributed by atoms with van der Waals surface area (Å²) in [5.74, 6) is 0.736. The Hall–Kier alpha value is -4.48. The third kappa shape index (κ3) is 7.07. The Balaban J connectivity index is 1.11. The Labute approximate surface area is 300 Å². The van der Waals surface area contributed by atoms with Crippen molar-refractivity contribution >= 4 is 45.9 Å². The second kappa shape index (κ2) is 14.8. The molecule has 5 heterocycles. The molecule has 2 amide bonds. The van der Waals surface area contributed by atoms with Crippen LogP contribution in [0.2, 0.25) is 10.0 Å². The minimum Gasteiger partial charge on any atom is -0.481 e. The van der Waals surface area contributed by atoms with Gasteiger partial charge < -0.3 is 30.6 Å². The molecule has 0 saturated carbocycles. The highest BCUT2D eigenvalue weighted by Crippen LogP contribution is 2.42. The maximum atomic E-state index is 11.5. The number of pyridine rings is 2. The van der Waals surface area contributed by atoms with Crippen LogP contribution < -0.4 is 26.0 Å². The number of carbonyl (C=O) groups is 2. The van der Waals surface area contributed by atoms with Crippen molar-refractivity contribution in [3.8, 4) is 39.5 Å². The Morgan fingerprint density at radius 1 is 0.860 bits per heavy atom. The Morgan fingerprint density at radius 2 is 1.54 bits per heavy atom. The van der Waals surface area contributed by atoms with Crippen LogP contribution in [0.15, 0.2) is 67.0 Å². The van der Waals surface area contributed by atoms with Crippen LogP contribution in [0.25, 0.3) is 44.5 Å². The molecule has 2 fully saturated rings. The first-order chi connectivity index (χ1) is 24.3. The van der Waals surface area contributed by atoms with E-state index < -0.39 is 0 Å². The highest BCUT2D eigenvalue weighted by atomic mass is 35.5. The fourth-order valence-electron chi connectivity index (χ4n) is 6.90. The van der Waals surface area contributed by atoms with Gasteiger partial charge >= 0.3 is 0 Å². The van der Waals surface area contributed by atoms with Gasteiger partial charge in [0.15, 0.2) is 0 Å². The second-order valence-corrected chi connectivity index (χ2v) is 13.7. The van der Waals surface area contributed by atoms with E-state index in [0.717, 1.165) is 58.1 Å². The number of rotatable bonds is 12. The fourth-order valence-corrected chi connectivity index (χ4v) is 7.55. The maximum Gasteiger partial charge on any atom is 0.220 e. The molecular weight excluding hydrogens is 673 g/mol. The van der Waals surface area contributed by atoms with Crippen LogP contribution in [0.4, 0.5) is 0 Å². The number of nitrogens with zero attached hydrogens (tertiary/aromatic N) is 3. The van der Waals surface area contributed by atoms with Gasteiger partial charge in [-0.2, -0.15) is 0 Å². The van der Waals surface area contributed by atoms with Crippen LogP contribution in [0.3, 0.4) is 0 Å². The van der Waals surface area contributed by atoms with Crippen LogP contribution in [-0.4, -0.2) is 58.6 Å². The molecule has 0 unspecified atom stereocenters. The first-order valence-electron chi connectivity index (χ1n) is 16.8. The van der Waals surface area contributed by atoms with E-state index in [1.54, 1.807) is 13.3 Å². The molecule has 2 saturated heterocycles. The number of hydrogen-bond acceptors (Lipinski definition) is 7. The Kier molecular flexibility index (Phi) is 10.1. The smallest absolute Gasteiger partial charge is 0.220 e. The first-order valence-corrected chi connectivity index (χ1v) is 17.6. The van der Waals surface area contributed by atoms with E-state index in [1.165, 1.54) is 5.56 Å². The van der Waals surface area contributed by atoms with Crippen LogP contribution in [0, 0.1) is 0 Å². The standard InChI is InChI=1S/C38H39Cl2N7O3/c1-47-21-24(18-42-20-26-9-13-34(49)45-26)27-10-6-22(16-32(27)47)37-36(40)29(14-15-43-37)28-4-3-5-30(35(28)39)31-11-7-23(38(46-31)50-2)17-41-19-25-8-12-33(48)44-25/h3-7,10-11,14-16,21,25-26,41-42H,8-9,12-13,17-20H2,1-2H3,(H,44,48)(H,45,49)/t25-,26+/m1/s1. The Bertz CT molecular complexity index is 2080. The van der Waals surface area contributed by atoms with Crippen molar-refractivity contribution < 1.29 is 14.3 Å². The zero-order valence-corrected chi connectivity index (χ0v) is 29.5. The number of amides is 2. The third-order valence-corrected chi connectivity index (χ3v) is 10.3. The van der Waals surface area contributed by atoms with Crippen molar-refractivity contribution in [3.05, 3.63) is 88.2 Å². The van der Waals surface area contributed by atoms with Crippen LogP contribution in [0.1, 0.15) is 36.8 Å². The highest BCUT2D eigenvalue weighted by molar-refractivity contribution is 6.39. The normalized spacial score (nSPS) is 17.4. The average Bonchev–Trinajstić information content (AvgIpc) is 3.83. The van der Waals surface area contributed by atoms with Crippen molar-refractivity contribution in [2.45, 2.75) is 50.9 Å². The second-order valence-electron chi connectivity index (χ2n) is 12.9. The summed E-state index contributed by atoms with van der Waals surface area (Å²) in [4.78, 5) is 32.6. The molecule has 0 bridgehead atoms. The lowest BCUT2D eigenvalue weighted by molar-refractivity contribution is -0.120. The monoisotopic (exact) mass is 711 g/mol. The molecule has 12 heteroatoms. The van der Waals surface area contributed by atoms with Gasteiger partial charge in [-0.15, -0.1) is 0 Å². The lowest BCUT2D eigenvalue weighted by Crippen LogP contribution is -2.35. The summed E-state index contributed by atoms with van der Waals surface area (Å²) in [6.07, 6.45) is 6.77. The van der Waals surface area contributed by atoms with Crippen molar-refractivity contribution in [1.29, 1.82) is 0 Å². The predicted octanol–water partition coefficient (Wildman–Crippen LogP) is 6.02. The molecule has 2 aliphatic heterocycles. The minimum absolute atomic E-state index is 0.101. The summed E-state index contributed by atoms with van der Waals surface area (Å²) in [7, 11) is 3.64. The van der Waals surface area contributed by atoms with Gasteiger partial charge in [-0.25, -0.2) is 4.98 Å². The number of aromatic nitrogens is 3. The predicted molar refractivity (Wildman–Crippen MR) is 197 cm³/mol. The number of aryl methyl sites for hydroxylation is 1. The van der Waals surface area contributed by atoms with Crippen molar-refractivity contribution in [1.82, 2.24) is 35.8 Å². The Morgan fingerprint density at radius 3 is 2.22 bits per heavy atom. The zero-order chi connectivity index (χ0) is 34.8. The van der Waals surface area contributed by atoms with Gasteiger partial charge in [-0.1, -0.05) is 59.6 Å². The maximum absolute atomic E-state index is 11.5. The average molecular weight is 713 g/mol. The molecule has 2 aromatic carbocycles. The summed E-state index contributed by atoms with van der Waals surface area (Å²) in [5, 5.41) is 15.1. The van der Waals surface area contributed by atoms with E-state index in [9.17, 15) is 9.59 Å². The molecule has 4 N–H and O–H groups in total. The largest absolute Gasteiger partial charge is 0.481 e. The van der Waals surface area contributed by atoms with Crippen molar-refractivity contribution in [3.63, 3.8) is 0 Å². The third-order valence-electron chi connectivity index (χ3n) is 9.52. The lowest BCUT2D eigenvalue weighted by atomic mass is 9.99. The van der Waals surface area contributed by atoms with Gasteiger partial charge in [0.2, 0.25) is 17.7 Å². The summed E-state index contributed by atoms with van der Waals surface area (Å²) in [6, 6.07) is 18.2. The summed E-state index contributed by atoms with van der Waals surface area (Å²) in [6.45, 7) is 2.68. The first kappa shape index (κ1) is 34.0. The zero-order valence-electron chi connectivity index (χ0n) is 28.0. The SMILES string of the molecule is COc1nc(-c2cccc(-c3ccnc(-c4ccc5c(CNC[C@@H]6CCC(=O)N6)cn(C)c5c4)c3Cl)c2Cl)ccc1CNC[C@H]1CCC(=O)N1. The number of fused-ring (bicyclic) bond motifs is 1. The van der Waals surface area contributed by atoms with Crippen molar-refractivity contribution in [2.24, 2.45) is 7.05 Å². The minimum atomic E-state index is 0.101. The van der Waals surface area contributed by atoms with E-state index in [1.807, 2.05) is 43.4 Å². The van der Waals surface area contributed by atoms with Gasteiger partial charge in [-0.3, -0.25) is 14.6 Å². The molecule has 258 valence electrons. The molecule has 2 aliphatic rings. The molecule has 3 aromatic heterocycles. The molecule has 0 radical (unpaired) electrons. The summed E-state index contributed by atoms with van der Waals surface area (Å²) < 4.78 is 7.77. The molecule has 10 nitrogen and oxygen atoms in total. The summed E-state index contributed by atoms with van der Waals surface area (Å²) >= 11 is 14.2. The number of hydrogen-bond donors (Lipinski definition) is 4. The highest BCUT2D eigenvalue weighted by Gasteiger charge is 2.22. The topological polar surface area (TPSA) is 122 Å². The van der Waals surface area contributed by atoms with Crippen LogP contribution in [-0.2, 0) is 29.7 Å². The number of carbonyl (C=O) groups excluding carboxylic acids is 2. The molecule has 7 rings (SSSR count). The molecule has 0 spiro atoms. The molecule has 50 heavy (non-hydrogen) atoms. The van der Waals surface area contributed by atoms with Gasteiger partial charge in [0.05, 0.1) is 28.5 Å². The fraction of sp³-hybridized carbons (Fsp3) is 0.316. The van der Waals surface area contributed by atoms with Gasteiger partial charge in [0.1, 0.15) is 0 Å². The quantitative estimate of drug-likeness (QED) is 0.125. The lowest BCUT2D eigenvalue weighted by Gasteiger charge is -2.15. The van der Waals surface area contributed by atoms with Crippen LogP contribution in [0.5, 0.6) is 5.88 Å². The van der Waals surface area contributed by atoms with E-state index in [2.05, 4.69) is 55.2 Å². The number of benzene rings is 2. The molecule has 2 atom stereocenters. The molecule has 0 aliphatic carbocycles. The van der Waals surface area contributed by atoms with Crippen LogP contribution >= 0.6 is 23.2 Å². The van der Waals surface area contributed by atoms with E-state index in [4.69, 9.17) is 32.9 Å². The number of methoxy groups -OCH3 is 1. The summed E-state index contributed by atoms with van der Waals surface area (Å²) in [5.41, 5.74) is 7.71. The van der Waals surface area contributed by atoms with Gasteiger partial charge in [0, 0.05) is 109 Å². The van der Waals surface area contributed by atoms with E-state index >= 15 is 0 Å². The number of halogens is 2. The van der Waals surface area contributed by atoms with E-state index in [0.29, 0.717) is 59.8 Å². The number of nitrogens with one attached hydrogen (secondary N) is 4. The molecular formula is C38H39Cl2N7O3. The van der Waals surface area contributed by atoms with E-state index in [-0.39, 0.29) is 23.9 Å². The number of ether oxygens (including phenoxy) is 1. The van der Waals surface area contributed by atoms with Crippen molar-refractivity contribution in [2.75, 3.05) is 20.2 Å². The van der Waals surface area contributed by atoms with Gasteiger partial charge in [-0.05, 0) is 36.6 Å². The molecule has 5 aromatic rings.